The van der Waals surface area contributed by atoms with Gasteiger partial charge in [0.2, 0.25) is 0 Å². The number of fused-ring (bicyclic) bond motifs is 1. The molecule has 0 aliphatic carbocycles. The van der Waals surface area contributed by atoms with Gasteiger partial charge in [0.15, 0.2) is 21.4 Å². The number of rotatable bonds is 5. The molecule has 10 heteroatoms. The van der Waals surface area contributed by atoms with E-state index in [1.165, 1.54) is 31.3 Å². The molecule has 0 spiro atoms. The monoisotopic (exact) mass is 457 g/mol. The van der Waals surface area contributed by atoms with E-state index in [1.807, 2.05) is 0 Å². The molecule has 0 radical (unpaired) electrons. The molecular formula is C22H17F2N3O4S. The minimum absolute atomic E-state index is 0.0259. The third kappa shape index (κ3) is 4.09. The summed E-state index contributed by atoms with van der Waals surface area (Å²) in [5, 5.41) is 0. The highest BCUT2D eigenvalue weighted by Crippen LogP contribution is 2.40. The summed E-state index contributed by atoms with van der Waals surface area (Å²) < 4.78 is 59.9. The normalized spacial score (nSPS) is 11.6. The lowest BCUT2D eigenvalue weighted by Crippen LogP contribution is -2.13. The van der Waals surface area contributed by atoms with Crippen molar-refractivity contribution >= 4 is 9.84 Å². The van der Waals surface area contributed by atoms with Crippen molar-refractivity contribution < 1.29 is 21.9 Å². The number of hydrogen-bond acceptors (Lipinski definition) is 6. The Balaban J connectivity index is 1.99. The van der Waals surface area contributed by atoms with E-state index in [0.29, 0.717) is 17.2 Å². The van der Waals surface area contributed by atoms with E-state index in [4.69, 9.17) is 4.74 Å². The molecule has 32 heavy (non-hydrogen) atoms. The topological polar surface area (TPSA) is 91.2 Å². The van der Waals surface area contributed by atoms with E-state index in [0.717, 1.165) is 12.1 Å². The van der Waals surface area contributed by atoms with Crippen LogP contribution in [0.1, 0.15) is 6.92 Å². The molecule has 0 unspecified atom stereocenters. The third-order valence-corrected chi connectivity index (χ3v) is 6.55. The van der Waals surface area contributed by atoms with Gasteiger partial charge in [-0.1, -0.05) is 6.92 Å². The first-order chi connectivity index (χ1) is 15.2. The Hall–Kier alpha value is -3.66. The van der Waals surface area contributed by atoms with Gasteiger partial charge in [-0.2, -0.15) is 9.97 Å². The van der Waals surface area contributed by atoms with E-state index in [1.54, 1.807) is 24.0 Å². The molecule has 2 aromatic carbocycles. The predicted octanol–water partition coefficient (Wildman–Crippen LogP) is 3.81. The number of aromatic nitrogens is 3. The number of benzene rings is 2. The van der Waals surface area contributed by atoms with Crippen LogP contribution in [0.25, 0.3) is 22.4 Å². The van der Waals surface area contributed by atoms with E-state index in [9.17, 15) is 22.0 Å². The number of sulfone groups is 1. The summed E-state index contributed by atoms with van der Waals surface area (Å²) in [7, 11) is -1.85. The van der Waals surface area contributed by atoms with Gasteiger partial charge < -0.3 is 9.30 Å². The standard InChI is InChI=1S/C22H17F2N3O4S/c1-3-32(29,30)15-5-7-19(31-20-6-4-14(23)8-18(20)24)16(9-15)17-12-27(2)11-13-10-25-22(28)26-21(13)17/h4-12H,3H2,1-2H3. The van der Waals surface area contributed by atoms with Crippen molar-refractivity contribution in [3.05, 3.63) is 77.1 Å². The molecular weight excluding hydrogens is 440 g/mol. The molecule has 2 heterocycles. The highest BCUT2D eigenvalue weighted by atomic mass is 32.2. The lowest BCUT2D eigenvalue weighted by atomic mass is 10.0. The largest absolute Gasteiger partial charge is 0.454 e. The van der Waals surface area contributed by atoms with Crippen LogP contribution in [-0.4, -0.2) is 28.7 Å². The number of aryl methyl sites for hydroxylation is 1. The fourth-order valence-corrected chi connectivity index (χ4v) is 4.15. The number of nitrogens with zero attached hydrogens (tertiary/aromatic N) is 3. The van der Waals surface area contributed by atoms with Gasteiger partial charge in [0.25, 0.3) is 0 Å². The Morgan fingerprint density at radius 1 is 1.03 bits per heavy atom. The Morgan fingerprint density at radius 2 is 1.78 bits per heavy atom. The minimum atomic E-state index is -3.58. The molecule has 0 atom stereocenters. The Morgan fingerprint density at radius 3 is 2.50 bits per heavy atom. The maximum Gasteiger partial charge on any atom is 0.367 e. The van der Waals surface area contributed by atoms with E-state index in [-0.39, 0.29) is 33.4 Å². The van der Waals surface area contributed by atoms with Crippen molar-refractivity contribution in [1.82, 2.24) is 14.5 Å². The molecule has 0 saturated heterocycles. The average molecular weight is 457 g/mol. The molecule has 164 valence electrons. The first kappa shape index (κ1) is 21.6. The maximum absolute atomic E-state index is 14.2. The Labute approximate surface area is 182 Å². The van der Waals surface area contributed by atoms with Gasteiger partial charge in [-0.3, -0.25) is 0 Å². The molecule has 2 aliphatic heterocycles. The zero-order chi connectivity index (χ0) is 23.0. The molecule has 7 nitrogen and oxygen atoms in total. The molecule has 0 aromatic heterocycles. The van der Waals surface area contributed by atoms with Gasteiger partial charge in [0.05, 0.1) is 16.3 Å². The minimum Gasteiger partial charge on any atom is -0.454 e. The van der Waals surface area contributed by atoms with Crippen LogP contribution in [0.15, 0.2) is 64.7 Å². The van der Waals surface area contributed by atoms with E-state index in [2.05, 4.69) is 9.97 Å². The number of pyridine rings is 1. The van der Waals surface area contributed by atoms with Gasteiger partial charge in [-0.15, -0.1) is 0 Å². The molecule has 0 fully saturated rings. The van der Waals surface area contributed by atoms with Crippen molar-refractivity contribution in [2.45, 2.75) is 11.8 Å². The van der Waals surface area contributed by atoms with Crippen LogP contribution >= 0.6 is 0 Å². The number of halogens is 2. The van der Waals surface area contributed by atoms with Crippen LogP contribution < -0.4 is 10.4 Å². The van der Waals surface area contributed by atoms with Crippen LogP contribution in [0.4, 0.5) is 8.78 Å². The summed E-state index contributed by atoms with van der Waals surface area (Å²) in [6.45, 7) is 1.52. The molecule has 0 bridgehead atoms. The second-order valence-corrected chi connectivity index (χ2v) is 9.31. The van der Waals surface area contributed by atoms with Crippen molar-refractivity contribution in [3.63, 3.8) is 0 Å². The van der Waals surface area contributed by atoms with Crippen LogP contribution in [0.3, 0.4) is 0 Å². The van der Waals surface area contributed by atoms with Crippen LogP contribution in [0.5, 0.6) is 11.5 Å². The summed E-state index contributed by atoms with van der Waals surface area (Å²) in [5.74, 6) is -1.96. The summed E-state index contributed by atoms with van der Waals surface area (Å²) in [6.07, 6.45) is 4.70. The first-order valence-electron chi connectivity index (χ1n) is 9.51. The van der Waals surface area contributed by atoms with Crippen LogP contribution in [0, 0.1) is 11.6 Å². The third-order valence-electron chi connectivity index (χ3n) is 4.82. The second-order valence-electron chi connectivity index (χ2n) is 7.03. The molecule has 2 aromatic rings. The van der Waals surface area contributed by atoms with Crippen LogP contribution in [0.2, 0.25) is 0 Å². The molecule has 0 N–H and O–H groups in total. The summed E-state index contributed by atoms with van der Waals surface area (Å²) in [4.78, 5) is 19.5. The lowest BCUT2D eigenvalue weighted by Gasteiger charge is -2.17. The smallest absolute Gasteiger partial charge is 0.367 e. The van der Waals surface area contributed by atoms with Gasteiger partial charge >= 0.3 is 5.69 Å². The number of hydrogen-bond donors (Lipinski definition) is 0. The van der Waals surface area contributed by atoms with Crippen molar-refractivity contribution in [2.75, 3.05) is 5.75 Å². The van der Waals surface area contributed by atoms with Gasteiger partial charge in [-0.05, 0) is 30.3 Å². The Kier molecular flexibility index (Phi) is 5.47. The van der Waals surface area contributed by atoms with Crippen LogP contribution in [-0.2, 0) is 16.9 Å². The number of ether oxygens (including phenoxy) is 1. The zero-order valence-corrected chi connectivity index (χ0v) is 17.9. The van der Waals surface area contributed by atoms with Crippen molar-refractivity contribution in [1.29, 1.82) is 0 Å². The summed E-state index contributed by atoms with van der Waals surface area (Å²) in [6, 6.07) is 6.97. The SMILES string of the molecule is CCS(=O)(=O)c1ccc(Oc2ccc(F)cc2F)c(-c2cn(C)cc3cnc(=O)nc2-3)c1. The lowest BCUT2D eigenvalue weighted by molar-refractivity contribution is 0.438. The predicted molar refractivity (Wildman–Crippen MR) is 113 cm³/mol. The van der Waals surface area contributed by atoms with Gasteiger partial charge in [0, 0.05) is 48.4 Å². The summed E-state index contributed by atoms with van der Waals surface area (Å²) in [5.41, 5.74) is 0.751. The molecule has 0 amide bonds. The Bertz CT molecular complexity index is 1470. The highest BCUT2D eigenvalue weighted by Gasteiger charge is 2.21. The molecule has 0 saturated carbocycles. The van der Waals surface area contributed by atoms with Crippen molar-refractivity contribution in [2.24, 2.45) is 7.05 Å². The molecule has 4 rings (SSSR count). The zero-order valence-electron chi connectivity index (χ0n) is 17.0. The van der Waals surface area contributed by atoms with E-state index < -0.39 is 27.2 Å². The van der Waals surface area contributed by atoms with E-state index >= 15 is 0 Å². The summed E-state index contributed by atoms with van der Waals surface area (Å²) >= 11 is 0. The average Bonchev–Trinajstić information content (AvgIpc) is 2.75. The maximum atomic E-state index is 14.2. The van der Waals surface area contributed by atoms with Gasteiger partial charge in [-0.25, -0.2) is 22.0 Å². The second kappa shape index (κ2) is 8.12. The fraction of sp³-hybridized carbons (Fsp3) is 0.136. The quantitative estimate of drug-likeness (QED) is 0.453. The van der Waals surface area contributed by atoms with Crippen molar-refractivity contribution in [3.8, 4) is 33.9 Å². The fourth-order valence-electron chi connectivity index (χ4n) is 3.25. The molecule has 2 aliphatic rings. The first-order valence-corrected chi connectivity index (χ1v) is 11.2. The highest BCUT2D eigenvalue weighted by molar-refractivity contribution is 7.91. The van der Waals surface area contributed by atoms with Gasteiger partial charge in [0.1, 0.15) is 11.6 Å².